The van der Waals surface area contributed by atoms with E-state index in [2.05, 4.69) is 0 Å². The Hall–Kier alpha value is -1.33. The molecule has 0 saturated carbocycles. The lowest BCUT2D eigenvalue weighted by Crippen LogP contribution is -1.83. The molecule has 2 rings (SSSR count). The van der Waals surface area contributed by atoms with Gasteiger partial charge in [0.25, 0.3) is 0 Å². The van der Waals surface area contributed by atoms with E-state index in [0.717, 1.165) is 10.9 Å². The van der Waals surface area contributed by atoms with Crippen LogP contribution < -0.4 is 0 Å². The Bertz CT molecular complexity index is 416. The summed E-state index contributed by atoms with van der Waals surface area (Å²) in [4.78, 5) is 0. The first kappa shape index (κ1) is 10.8. The third-order valence-corrected chi connectivity index (χ3v) is 1.85. The molecule has 2 N–H and O–H groups in total. The van der Waals surface area contributed by atoms with Crippen molar-refractivity contribution in [3.63, 3.8) is 0 Å². The lowest BCUT2D eigenvalue weighted by molar-refractivity contribution is 0.448. The number of halogens is 1. The summed E-state index contributed by atoms with van der Waals surface area (Å²) < 4.78 is 14.6. The molecule has 0 bridgehead atoms. The molecule has 0 unspecified atom stereocenters. The van der Waals surface area contributed by atoms with Crippen LogP contribution in [0.15, 0.2) is 30.5 Å². The average molecular weight is 194 g/mol. The summed E-state index contributed by atoms with van der Waals surface area (Å²) in [5.74, 6) is -0.181. The van der Waals surface area contributed by atoms with Gasteiger partial charge in [-0.15, -0.1) is 0 Å². The van der Waals surface area contributed by atoms with Gasteiger partial charge in [-0.1, -0.05) is 0 Å². The molecule has 3 nitrogen and oxygen atoms in total. The third kappa shape index (κ3) is 2.34. The SMILES string of the molecule is Cn1ccc2ccc(F)cc21.O[B]O. The first-order valence-electron chi connectivity index (χ1n) is 3.99. The number of fused-ring (bicyclic) bond motifs is 1. The van der Waals surface area contributed by atoms with Crippen LogP contribution >= 0.6 is 0 Å². The number of rotatable bonds is 0. The van der Waals surface area contributed by atoms with Crippen LogP contribution in [0.5, 0.6) is 0 Å². The highest BCUT2D eigenvalue weighted by Gasteiger charge is 1.97. The molecule has 0 aliphatic heterocycles. The van der Waals surface area contributed by atoms with E-state index in [1.165, 1.54) is 12.1 Å². The van der Waals surface area contributed by atoms with Gasteiger partial charge >= 0.3 is 7.69 Å². The van der Waals surface area contributed by atoms with Crippen LogP contribution in [-0.2, 0) is 7.05 Å². The van der Waals surface area contributed by atoms with E-state index in [4.69, 9.17) is 10.0 Å². The molecule has 1 aromatic carbocycles. The van der Waals surface area contributed by atoms with Gasteiger partial charge in [0.05, 0.1) is 5.52 Å². The topological polar surface area (TPSA) is 45.4 Å². The largest absolute Gasteiger partial charge is 0.482 e. The minimum absolute atomic E-state index is 0. The zero-order chi connectivity index (χ0) is 10.6. The van der Waals surface area contributed by atoms with Gasteiger partial charge in [-0.3, -0.25) is 0 Å². The standard InChI is InChI=1S/C9H8FN.BH2O2/c1-11-5-4-7-2-3-8(10)6-9(7)11;2-1-3/h2-6H,1H3;2-3H. The summed E-state index contributed by atoms with van der Waals surface area (Å²) in [6.45, 7) is 0. The maximum Gasteiger partial charge on any atom is 0.482 e. The van der Waals surface area contributed by atoms with Crippen molar-refractivity contribution in [2.75, 3.05) is 0 Å². The van der Waals surface area contributed by atoms with Crippen molar-refractivity contribution in [2.45, 2.75) is 0 Å². The molecular formula is C9H10BFNO2. The smallest absolute Gasteiger partial charge is 0.429 e. The van der Waals surface area contributed by atoms with Crippen LogP contribution in [0.3, 0.4) is 0 Å². The van der Waals surface area contributed by atoms with Gasteiger partial charge in [-0.2, -0.15) is 0 Å². The highest BCUT2D eigenvalue weighted by Crippen LogP contribution is 2.15. The van der Waals surface area contributed by atoms with Crippen LogP contribution in [-0.4, -0.2) is 22.3 Å². The van der Waals surface area contributed by atoms with Crippen molar-refractivity contribution in [3.8, 4) is 0 Å². The van der Waals surface area contributed by atoms with Crippen molar-refractivity contribution in [2.24, 2.45) is 7.05 Å². The number of aromatic nitrogens is 1. The second kappa shape index (κ2) is 4.78. The lowest BCUT2D eigenvalue weighted by Gasteiger charge is -1.94. The first-order valence-corrected chi connectivity index (χ1v) is 3.99. The van der Waals surface area contributed by atoms with E-state index in [0.29, 0.717) is 0 Å². The van der Waals surface area contributed by atoms with Crippen molar-refractivity contribution in [1.82, 2.24) is 4.57 Å². The fourth-order valence-electron chi connectivity index (χ4n) is 1.24. The van der Waals surface area contributed by atoms with E-state index in [-0.39, 0.29) is 13.5 Å². The summed E-state index contributed by atoms with van der Waals surface area (Å²) in [7, 11) is 1.90. The van der Waals surface area contributed by atoms with Crippen LogP contribution in [0.1, 0.15) is 0 Å². The van der Waals surface area contributed by atoms with E-state index >= 15 is 0 Å². The molecule has 5 heteroatoms. The number of nitrogens with zero attached hydrogens (tertiary/aromatic N) is 1. The van der Waals surface area contributed by atoms with Crippen molar-refractivity contribution in [3.05, 3.63) is 36.3 Å². The molecule has 0 aliphatic carbocycles. The highest BCUT2D eigenvalue weighted by atomic mass is 19.1. The maximum absolute atomic E-state index is 12.7. The Morgan fingerprint density at radius 1 is 1.29 bits per heavy atom. The van der Waals surface area contributed by atoms with Gasteiger partial charge in [0.1, 0.15) is 5.82 Å². The first-order chi connectivity index (χ1) is 6.69. The van der Waals surface area contributed by atoms with Gasteiger partial charge in [0.2, 0.25) is 0 Å². The Kier molecular flexibility index (Phi) is 3.68. The van der Waals surface area contributed by atoms with Crippen LogP contribution in [0.25, 0.3) is 10.9 Å². The van der Waals surface area contributed by atoms with Crippen LogP contribution in [0.4, 0.5) is 4.39 Å². The second-order valence-electron chi connectivity index (χ2n) is 2.75. The molecule has 0 saturated heterocycles. The quantitative estimate of drug-likeness (QED) is 0.610. The molecule has 0 spiro atoms. The molecule has 1 heterocycles. The van der Waals surface area contributed by atoms with Gasteiger partial charge < -0.3 is 14.6 Å². The maximum atomic E-state index is 12.7. The Labute approximate surface area is 81.7 Å². The number of hydrogen-bond acceptors (Lipinski definition) is 2. The van der Waals surface area contributed by atoms with E-state index in [9.17, 15) is 4.39 Å². The molecule has 0 aliphatic rings. The molecule has 0 amide bonds. The molecule has 1 radical (unpaired) electrons. The van der Waals surface area contributed by atoms with E-state index in [1.54, 1.807) is 6.07 Å². The fourth-order valence-corrected chi connectivity index (χ4v) is 1.24. The number of aryl methyl sites for hydroxylation is 1. The van der Waals surface area contributed by atoms with E-state index < -0.39 is 0 Å². The molecular weight excluding hydrogens is 184 g/mol. The number of benzene rings is 1. The monoisotopic (exact) mass is 194 g/mol. The molecule has 0 atom stereocenters. The normalized spacial score (nSPS) is 9.43. The molecule has 1 aromatic heterocycles. The minimum Gasteiger partial charge on any atom is -0.429 e. The summed E-state index contributed by atoms with van der Waals surface area (Å²) >= 11 is 0. The van der Waals surface area contributed by atoms with Crippen molar-refractivity contribution < 1.29 is 14.4 Å². The van der Waals surface area contributed by atoms with Crippen molar-refractivity contribution in [1.29, 1.82) is 0 Å². The molecule has 14 heavy (non-hydrogen) atoms. The molecule has 0 fully saturated rings. The van der Waals surface area contributed by atoms with Gasteiger partial charge in [0, 0.05) is 13.2 Å². The summed E-state index contributed by atoms with van der Waals surface area (Å²) in [5.41, 5.74) is 0.935. The van der Waals surface area contributed by atoms with Crippen LogP contribution in [0.2, 0.25) is 0 Å². The Morgan fingerprint density at radius 3 is 2.57 bits per heavy atom. The summed E-state index contributed by atoms with van der Waals surface area (Å²) in [6.07, 6.45) is 1.92. The minimum atomic E-state index is -0.181. The van der Waals surface area contributed by atoms with E-state index in [1.807, 2.05) is 23.9 Å². The highest BCUT2D eigenvalue weighted by molar-refractivity contribution is 6.13. The molecule has 73 valence electrons. The zero-order valence-corrected chi connectivity index (χ0v) is 7.68. The Balaban J connectivity index is 0.000000293. The fraction of sp³-hybridized carbons (Fsp3) is 0.111. The lowest BCUT2D eigenvalue weighted by atomic mass is 10.2. The third-order valence-electron chi connectivity index (χ3n) is 1.85. The summed E-state index contributed by atoms with van der Waals surface area (Å²) in [6, 6.07) is 6.76. The number of hydrogen-bond donors (Lipinski definition) is 2. The average Bonchev–Trinajstić information content (AvgIpc) is 2.49. The van der Waals surface area contributed by atoms with Crippen molar-refractivity contribution >= 4 is 18.6 Å². The van der Waals surface area contributed by atoms with Gasteiger partial charge in [-0.05, 0) is 29.7 Å². The molecule has 2 aromatic rings. The predicted molar refractivity (Wildman–Crippen MR) is 53.1 cm³/mol. The zero-order valence-electron chi connectivity index (χ0n) is 7.68. The predicted octanol–water partition coefficient (Wildman–Crippen LogP) is 0.823. The van der Waals surface area contributed by atoms with Gasteiger partial charge in [-0.25, -0.2) is 4.39 Å². The second-order valence-corrected chi connectivity index (χ2v) is 2.75. The summed E-state index contributed by atoms with van der Waals surface area (Å²) in [5, 5.41) is 15.1. The Morgan fingerprint density at radius 2 is 1.93 bits per heavy atom. The van der Waals surface area contributed by atoms with Crippen LogP contribution in [0, 0.1) is 5.82 Å². The van der Waals surface area contributed by atoms with Gasteiger partial charge in [0.15, 0.2) is 0 Å².